The van der Waals surface area contributed by atoms with Crippen molar-refractivity contribution in [2.45, 2.75) is 75.8 Å². The van der Waals surface area contributed by atoms with Gasteiger partial charge in [-0.1, -0.05) is 19.8 Å². The number of aryl methyl sites for hydroxylation is 1. The van der Waals surface area contributed by atoms with Gasteiger partial charge >= 0.3 is 5.76 Å². The molecular weight excluding hydrogens is 442 g/mol. The number of amides is 1. The number of hydrogen-bond donors (Lipinski definition) is 0. The van der Waals surface area contributed by atoms with E-state index < -0.39 is 15.8 Å². The van der Waals surface area contributed by atoms with Gasteiger partial charge in [0.15, 0.2) is 5.58 Å². The molecule has 1 aromatic carbocycles. The topological polar surface area (TPSA) is 92.8 Å². The third-order valence-corrected chi connectivity index (χ3v) is 9.84. The Morgan fingerprint density at radius 3 is 2.61 bits per heavy atom. The van der Waals surface area contributed by atoms with E-state index in [0.717, 1.165) is 32.2 Å². The van der Waals surface area contributed by atoms with Gasteiger partial charge in [0.2, 0.25) is 15.9 Å². The highest BCUT2D eigenvalue weighted by Crippen LogP contribution is 2.39. The van der Waals surface area contributed by atoms with Crippen LogP contribution in [0.5, 0.6) is 0 Å². The second-order valence-corrected chi connectivity index (χ2v) is 11.8. The fourth-order valence-electron chi connectivity index (χ4n) is 6.07. The summed E-state index contributed by atoms with van der Waals surface area (Å²) in [5.41, 5.74) is 0.767. The van der Waals surface area contributed by atoms with Gasteiger partial charge in [0, 0.05) is 44.7 Å². The van der Waals surface area contributed by atoms with Crippen LogP contribution in [0.1, 0.15) is 58.3 Å². The Bertz CT molecular complexity index is 1190. The average Bonchev–Trinajstić information content (AvgIpc) is 3.46. The van der Waals surface area contributed by atoms with Crippen molar-refractivity contribution in [1.29, 1.82) is 0 Å². The van der Waals surface area contributed by atoms with Crippen molar-refractivity contribution in [3.05, 3.63) is 28.7 Å². The van der Waals surface area contributed by atoms with Crippen molar-refractivity contribution in [2.24, 2.45) is 11.8 Å². The van der Waals surface area contributed by atoms with Crippen molar-refractivity contribution < 1.29 is 17.6 Å². The molecule has 0 bridgehead atoms. The van der Waals surface area contributed by atoms with Crippen LogP contribution in [0.25, 0.3) is 11.1 Å². The van der Waals surface area contributed by atoms with Crippen molar-refractivity contribution in [3.63, 3.8) is 0 Å². The van der Waals surface area contributed by atoms with Crippen molar-refractivity contribution in [3.8, 4) is 0 Å². The molecule has 1 amide bonds. The minimum Gasteiger partial charge on any atom is -0.408 e. The first kappa shape index (κ1) is 22.7. The summed E-state index contributed by atoms with van der Waals surface area (Å²) < 4.78 is 34.0. The van der Waals surface area contributed by atoms with Crippen molar-refractivity contribution in [2.75, 3.05) is 19.6 Å². The van der Waals surface area contributed by atoms with E-state index in [4.69, 9.17) is 4.42 Å². The number of likely N-dealkylation sites (tertiary alicyclic amines) is 1. The second kappa shape index (κ2) is 8.91. The lowest BCUT2D eigenvalue weighted by Gasteiger charge is -2.47. The summed E-state index contributed by atoms with van der Waals surface area (Å²) in [6.07, 6.45) is 7.69. The average molecular weight is 476 g/mol. The van der Waals surface area contributed by atoms with E-state index in [9.17, 15) is 18.0 Å². The molecule has 0 N–H and O–H groups in total. The first-order chi connectivity index (χ1) is 15.9. The second-order valence-electron chi connectivity index (χ2n) is 9.88. The lowest BCUT2D eigenvalue weighted by atomic mass is 9.72. The van der Waals surface area contributed by atoms with E-state index in [1.165, 1.54) is 40.3 Å². The number of rotatable bonds is 5. The highest BCUT2D eigenvalue weighted by Gasteiger charge is 2.39. The summed E-state index contributed by atoms with van der Waals surface area (Å²) in [6, 6.07) is 4.91. The number of fused-ring (bicyclic) bond motifs is 2. The van der Waals surface area contributed by atoms with E-state index in [1.54, 1.807) is 6.07 Å². The maximum absolute atomic E-state index is 13.1. The smallest absolute Gasteiger partial charge is 0.408 e. The number of carbonyl (C=O) groups excluding carboxylic acids is 1. The molecule has 2 aromatic rings. The molecule has 9 heteroatoms. The van der Waals surface area contributed by atoms with Crippen LogP contribution in [0.15, 0.2) is 32.3 Å². The van der Waals surface area contributed by atoms with Crippen molar-refractivity contribution in [1.82, 2.24) is 13.8 Å². The Morgan fingerprint density at radius 1 is 1.06 bits per heavy atom. The molecule has 3 atom stereocenters. The lowest BCUT2D eigenvalue weighted by molar-refractivity contribution is -0.139. The van der Waals surface area contributed by atoms with Gasteiger partial charge in [-0.25, -0.2) is 13.2 Å². The number of carbonyl (C=O) groups is 1. The molecule has 0 spiro atoms. The Hall–Kier alpha value is -2.13. The van der Waals surface area contributed by atoms with Gasteiger partial charge in [-0.05, 0) is 56.1 Å². The van der Waals surface area contributed by atoms with Crippen LogP contribution in [0.2, 0.25) is 0 Å². The Morgan fingerprint density at radius 2 is 1.82 bits per heavy atom. The molecule has 1 saturated carbocycles. The Balaban J connectivity index is 1.32. The van der Waals surface area contributed by atoms with Gasteiger partial charge in [-0.15, -0.1) is 0 Å². The third-order valence-electron chi connectivity index (χ3n) is 7.95. The lowest BCUT2D eigenvalue weighted by Crippen LogP contribution is -2.52. The highest BCUT2D eigenvalue weighted by molar-refractivity contribution is 7.89. The SMILES string of the molecule is CC1CCN(C(=O)CCn2c(=O)oc3cc(S(=O)(=O)N4CCCC4)ccc32)C2CCCCC12. The molecule has 0 radical (unpaired) electrons. The fraction of sp³-hybridized carbons (Fsp3) is 0.667. The van der Waals surface area contributed by atoms with E-state index in [1.807, 2.05) is 0 Å². The van der Waals surface area contributed by atoms with Gasteiger partial charge in [0.25, 0.3) is 0 Å². The van der Waals surface area contributed by atoms with Gasteiger partial charge in [-0.2, -0.15) is 4.31 Å². The van der Waals surface area contributed by atoms with Crippen LogP contribution in [0.3, 0.4) is 0 Å². The van der Waals surface area contributed by atoms with Crippen LogP contribution in [0.4, 0.5) is 0 Å². The number of piperidine rings is 1. The highest BCUT2D eigenvalue weighted by atomic mass is 32.2. The maximum Gasteiger partial charge on any atom is 0.419 e. The molecule has 3 aliphatic rings. The van der Waals surface area contributed by atoms with Gasteiger partial charge < -0.3 is 9.32 Å². The predicted molar refractivity (Wildman–Crippen MR) is 124 cm³/mol. The van der Waals surface area contributed by atoms with Gasteiger partial charge in [-0.3, -0.25) is 9.36 Å². The molecule has 180 valence electrons. The molecule has 1 aliphatic carbocycles. The molecule has 8 nitrogen and oxygen atoms in total. The van der Waals surface area contributed by atoms with E-state index >= 15 is 0 Å². The van der Waals surface area contributed by atoms with E-state index in [-0.39, 0.29) is 29.4 Å². The Kier molecular flexibility index (Phi) is 6.11. The Labute approximate surface area is 194 Å². The first-order valence-corrected chi connectivity index (χ1v) is 13.7. The molecule has 3 unspecified atom stereocenters. The van der Waals surface area contributed by atoms with E-state index in [0.29, 0.717) is 36.5 Å². The largest absolute Gasteiger partial charge is 0.419 e. The number of aromatic nitrogens is 1. The zero-order valence-corrected chi connectivity index (χ0v) is 20.1. The number of oxazole rings is 1. The number of benzene rings is 1. The summed E-state index contributed by atoms with van der Waals surface area (Å²) in [5, 5.41) is 0. The molecule has 33 heavy (non-hydrogen) atoms. The standard InChI is InChI=1S/C24H33N3O5S/c1-17-10-14-26(20-7-3-2-6-19(17)20)23(28)11-15-27-21-9-8-18(16-22(21)32-24(27)29)33(30,31)25-12-4-5-13-25/h8-9,16-17,19-20H,2-7,10-15H2,1H3. The molecule has 1 aromatic heterocycles. The summed E-state index contributed by atoms with van der Waals surface area (Å²) in [6.45, 7) is 4.36. The first-order valence-electron chi connectivity index (χ1n) is 12.3. The van der Waals surface area contributed by atoms with Gasteiger partial charge in [0.05, 0.1) is 10.4 Å². The van der Waals surface area contributed by atoms with Crippen LogP contribution in [-0.4, -0.2) is 53.8 Å². The third kappa shape index (κ3) is 4.14. The van der Waals surface area contributed by atoms with Crippen LogP contribution in [-0.2, 0) is 21.4 Å². The van der Waals surface area contributed by atoms with Crippen LogP contribution in [0, 0.1) is 11.8 Å². The number of sulfonamides is 1. The summed E-state index contributed by atoms with van der Waals surface area (Å²) in [7, 11) is -3.59. The molecular formula is C24H33N3O5S. The zero-order chi connectivity index (χ0) is 23.2. The number of nitrogens with zero attached hydrogens (tertiary/aromatic N) is 3. The monoisotopic (exact) mass is 475 g/mol. The minimum absolute atomic E-state index is 0.0910. The molecule has 5 rings (SSSR count). The minimum atomic E-state index is -3.59. The van der Waals surface area contributed by atoms with E-state index in [2.05, 4.69) is 11.8 Å². The zero-order valence-electron chi connectivity index (χ0n) is 19.2. The van der Waals surface area contributed by atoms with Crippen LogP contribution < -0.4 is 5.76 Å². The van der Waals surface area contributed by atoms with Crippen LogP contribution >= 0.6 is 0 Å². The van der Waals surface area contributed by atoms with Gasteiger partial charge in [0.1, 0.15) is 0 Å². The summed E-state index contributed by atoms with van der Waals surface area (Å²) in [4.78, 5) is 27.8. The fourth-order valence-corrected chi connectivity index (χ4v) is 7.60. The molecule has 3 fully saturated rings. The van der Waals surface area contributed by atoms with Crippen molar-refractivity contribution >= 4 is 27.0 Å². The quantitative estimate of drug-likeness (QED) is 0.662. The normalized spacial score (nSPS) is 26.6. The molecule has 2 saturated heterocycles. The summed E-state index contributed by atoms with van der Waals surface area (Å²) >= 11 is 0. The molecule has 2 aliphatic heterocycles. The number of hydrogen-bond acceptors (Lipinski definition) is 5. The summed E-state index contributed by atoms with van der Waals surface area (Å²) in [5.74, 6) is 0.778. The maximum atomic E-state index is 13.1. The molecule has 3 heterocycles. The predicted octanol–water partition coefficient (Wildman–Crippen LogP) is 3.20.